The Morgan fingerprint density at radius 1 is 0.651 bits per heavy atom. The first-order valence-corrected chi connectivity index (χ1v) is 30.8. The molecule has 4 aromatic rings. The summed E-state index contributed by atoms with van der Waals surface area (Å²) in [5, 5.41) is 86.5. The highest BCUT2D eigenvalue weighted by molar-refractivity contribution is 14.1. The average molecular weight is 1310 g/mol. The summed E-state index contributed by atoms with van der Waals surface area (Å²) >= 11 is 2.22. The zero-order valence-electron chi connectivity index (χ0n) is 50.7. The molecule has 0 radical (unpaired) electrons. The largest absolute Gasteiger partial charge is 0.496 e. The fourth-order valence-electron chi connectivity index (χ4n) is 15.0. The van der Waals surface area contributed by atoms with E-state index in [1.54, 1.807) is 50.3 Å². The zero-order chi connectivity index (χ0) is 62.9. The fraction of sp³-hybridized carbons (Fsp3) is 0.562. The molecule has 6 aliphatic carbocycles. The van der Waals surface area contributed by atoms with Crippen LogP contribution in [-0.4, -0.2) is 158 Å². The first-order valence-electron chi connectivity index (χ1n) is 29.7. The third-order valence-corrected chi connectivity index (χ3v) is 21.0. The highest BCUT2D eigenvalue weighted by atomic mass is 127. The maximum absolute atomic E-state index is 14.0. The van der Waals surface area contributed by atoms with Crippen LogP contribution in [0.1, 0.15) is 113 Å². The van der Waals surface area contributed by atoms with E-state index in [1.165, 1.54) is 43.2 Å². The molecule has 8 fully saturated rings. The van der Waals surface area contributed by atoms with Crippen LogP contribution < -0.4 is 25.6 Å². The van der Waals surface area contributed by atoms with Gasteiger partial charge in [-0.2, -0.15) is 10.1 Å². The number of carbonyl (C=O) groups is 4. The Bertz CT molecular complexity index is 3060. The number of carboxylic acids is 2. The Morgan fingerprint density at radius 3 is 1.49 bits per heavy atom. The number of aliphatic hydroxyl groups is 4. The molecule has 0 aromatic heterocycles. The van der Waals surface area contributed by atoms with E-state index in [1.807, 2.05) is 42.5 Å². The van der Waals surface area contributed by atoms with Crippen LogP contribution in [0.3, 0.4) is 0 Å². The molecule has 2 aliphatic heterocycles. The SMILES string of the molecule is COc1c(CN2O[C@@H](CO)[C@@H]([C@H](C)O)[C@H]2C(=O)N[C@H]2C[C@H]3C[C@@H]([C@@H]2C)C3(C)C)cccc1-c1cccc(C(=O)O)c1.COc1c(I)cccc1CN1O[C@@H](CO)[C@@H]([C@H](C)O)[C@H]1C(=O)N[C@H]1C[C@H]2C[C@@H]([C@@H]1C)C2(C)C.O=C(O)c1cccc(B(O)O)c1. The molecule has 4 bridgehead atoms. The van der Waals surface area contributed by atoms with Crippen molar-refractivity contribution in [3.8, 4) is 22.6 Å². The molecule has 20 nitrogen and oxygen atoms in total. The van der Waals surface area contributed by atoms with Crippen molar-refractivity contribution >= 4 is 58.9 Å². The van der Waals surface area contributed by atoms with Crippen molar-refractivity contribution in [2.45, 2.75) is 143 Å². The van der Waals surface area contributed by atoms with E-state index in [0.717, 1.165) is 33.3 Å². The number of aliphatic hydroxyl groups excluding tert-OH is 4. The van der Waals surface area contributed by atoms with Crippen molar-refractivity contribution < 1.29 is 79.0 Å². The molecule has 8 aliphatic rings. The number of aromatic carboxylic acids is 2. The summed E-state index contributed by atoms with van der Waals surface area (Å²) in [4.78, 5) is 61.8. The van der Waals surface area contributed by atoms with Crippen LogP contribution >= 0.6 is 22.6 Å². The number of amides is 2. The van der Waals surface area contributed by atoms with Gasteiger partial charge in [-0.25, -0.2) is 9.59 Å². The summed E-state index contributed by atoms with van der Waals surface area (Å²) < 4.78 is 12.4. The first kappa shape index (κ1) is 66.7. The number of ether oxygens (including phenoxy) is 2. The van der Waals surface area contributed by atoms with Crippen molar-refractivity contribution in [2.24, 2.45) is 58.2 Å². The summed E-state index contributed by atoms with van der Waals surface area (Å²) in [7, 11) is 1.55. The minimum absolute atomic E-state index is 0.0422. The summed E-state index contributed by atoms with van der Waals surface area (Å²) in [6.45, 7) is 16.9. The van der Waals surface area contributed by atoms with Gasteiger partial charge in [0.2, 0.25) is 11.8 Å². The van der Waals surface area contributed by atoms with E-state index in [2.05, 4.69) is 74.8 Å². The van der Waals surface area contributed by atoms with Gasteiger partial charge in [0.05, 0.1) is 67.4 Å². The van der Waals surface area contributed by atoms with Crippen LogP contribution in [0.15, 0.2) is 84.9 Å². The van der Waals surface area contributed by atoms with Crippen LogP contribution in [0.25, 0.3) is 11.1 Å². The van der Waals surface area contributed by atoms with Gasteiger partial charge in [0.15, 0.2) is 0 Å². The summed E-state index contributed by atoms with van der Waals surface area (Å²) in [6.07, 6.45) is 1.26. The Kier molecular flexibility index (Phi) is 21.4. The van der Waals surface area contributed by atoms with Crippen molar-refractivity contribution in [3.63, 3.8) is 0 Å². The van der Waals surface area contributed by atoms with Crippen molar-refractivity contribution in [1.29, 1.82) is 0 Å². The fourth-order valence-corrected chi connectivity index (χ4v) is 15.8. The molecular weight excluding hydrogens is 1220 g/mol. The van der Waals surface area contributed by atoms with E-state index in [0.29, 0.717) is 69.8 Å². The van der Waals surface area contributed by atoms with Crippen molar-refractivity contribution in [2.75, 3.05) is 27.4 Å². The van der Waals surface area contributed by atoms with E-state index in [4.69, 9.17) is 34.3 Å². The molecule has 468 valence electrons. The van der Waals surface area contributed by atoms with Gasteiger partial charge >= 0.3 is 19.1 Å². The molecule has 86 heavy (non-hydrogen) atoms. The predicted octanol–water partition coefficient (Wildman–Crippen LogP) is 5.75. The molecule has 6 saturated carbocycles. The monoisotopic (exact) mass is 1300 g/mol. The lowest BCUT2D eigenvalue weighted by Gasteiger charge is -2.62. The third kappa shape index (κ3) is 13.7. The minimum Gasteiger partial charge on any atom is -0.496 e. The Hall–Kier alpha value is -5.25. The third-order valence-electron chi connectivity index (χ3n) is 20.2. The number of nitrogens with zero attached hydrogens (tertiary/aromatic N) is 2. The lowest BCUT2D eigenvalue weighted by Crippen LogP contribution is -2.62. The molecule has 10 N–H and O–H groups in total. The molecule has 0 spiro atoms. The van der Waals surface area contributed by atoms with E-state index < -0.39 is 67.4 Å². The molecule has 4 aromatic carbocycles. The van der Waals surface area contributed by atoms with Gasteiger partial charge < -0.3 is 60.8 Å². The number of para-hydroxylation sites is 2. The van der Waals surface area contributed by atoms with Crippen LogP contribution in [-0.2, 0) is 32.4 Å². The number of hydrogen-bond acceptors (Lipinski definition) is 16. The summed E-state index contributed by atoms with van der Waals surface area (Å²) in [5.41, 5.74) is 4.01. The minimum atomic E-state index is -1.62. The maximum atomic E-state index is 14.0. The highest BCUT2D eigenvalue weighted by Crippen LogP contribution is 2.62. The van der Waals surface area contributed by atoms with Gasteiger partial charge in [0.25, 0.3) is 0 Å². The number of carbonyl (C=O) groups excluding carboxylic acids is 2. The first-order chi connectivity index (χ1) is 40.7. The zero-order valence-corrected chi connectivity index (χ0v) is 52.8. The molecule has 22 heteroatoms. The normalized spacial score (nSPS) is 30.1. The number of hydrogen-bond donors (Lipinski definition) is 10. The van der Waals surface area contributed by atoms with E-state index >= 15 is 0 Å². The number of hydroxylamine groups is 4. The molecule has 2 saturated heterocycles. The second-order valence-electron chi connectivity index (χ2n) is 25.6. The lowest BCUT2D eigenvalue weighted by molar-refractivity contribution is -0.183. The van der Waals surface area contributed by atoms with Crippen LogP contribution in [0, 0.1) is 61.7 Å². The van der Waals surface area contributed by atoms with Crippen molar-refractivity contribution in [3.05, 3.63) is 111 Å². The second kappa shape index (κ2) is 27.6. The Balaban J connectivity index is 0.000000190. The Morgan fingerprint density at radius 2 is 1.08 bits per heavy atom. The van der Waals surface area contributed by atoms with E-state index in [9.17, 15) is 44.7 Å². The molecule has 2 heterocycles. The van der Waals surface area contributed by atoms with Gasteiger partial charge in [-0.05, 0) is 150 Å². The average Bonchev–Trinajstić information content (AvgIpc) is 2.49. The summed E-state index contributed by atoms with van der Waals surface area (Å²) in [5.74, 6) is 0.772. The Labute approximate surface area is 517 Å². The number of halogens is 1. The molecular formula is C64H86BIN4O16. The summed E-state index contributed by atoms with van der Waals surface area (Å²) in [6, 6.07) is 22.2. The van der Waals surface area contributed by atoms with E-state index in [-0.39, 0.29) is 60.2 Å². The number of rotatable bonds is 18. The van der Waals surface area contributed by atoms with Gasteiger partial charge in [-0.1, -0.05) is 96.1 Å². The van der Waals surface area contributed by atoms with Gasteiger partial charge in [0, 0.05) is 40.6 Å². The molecule has 16 atom stereocenters. The molecule has 0 unspecified atom stereocenters. The molecule has 12 rings (SSSR count). The van der Waals surface area contributed by atoms with Crippen LogP contribution in [0.2, 0.25) is 0 Å². The molecule has 2 amide bonds. The standard InChI is InChI=1S/C32H42N2O7.C25H37IN2O5.C7H7BO4/c1-17-24-13-22(32(24,3)4)14-25(17)33-30(37)28-27(18(2)36)26(16-35)41-34(28)15-21-10-7-11-23(29(21)40-5)19-8-6-9-20(12-19)31(38)39;1-13-17-9-16(25(17,3)4)10-19(13)27-24(31)22-21(14(2)30)20(12-29)33-28(22)11-15-7-6-8-18(26)23(15)32-5;9-7(10)5-2-1-3-6(4-5)8(11)12/h6-12,17-18,22,24-28,35-36H,13-16H2,1-5H3,(H,33,37)(H,38,39);6-8,13-14,16-17,19-22,29-30H,9-12H2,1-5H3,(H,27,31);1-4,11-12H,(H,9,10)/t17-,18-,22+,24-,25-,26-,27+,28-;13-,14-,16+,17-,19-,20-,21+,22-;/m00./s1. The number of methoxy groups -OCH3 is 2. The number of benzene rings is 4. The number of nitrogens with one attached hydrogen (secondary N) is 2. The lowest BCUT2D eigenvalue weighted by atomic mass is 9.45. The van der Waals surface area contributed by atoms with Gasteiger partial charge in [0.1, 0.15) is 35.8 Å². The van der Waals surface area contributed by atoms with Gasteiger partial charge in [-0.3, -0.25) is 19.3 Å². The number of carboxylic acid groups (broad SMARTS) is 2. The van der Waals surface area contributed by atoms with Crippen molar-refractivity contribution in [1.82, 2.24) is 20.8 Å². The highest BCUT2D eigenvalue weighted by Gasteiger charge is 2.59. The van der Waals surface area contributed by atoms with Crippen LogP contribution in [0.4, 0.5) is 0 Å². The van der Waals surface area contributed by atoms with Crippen LogP contribution in [0.5, 0.6) is 11.5 Å². The predicted molar refractivity (Wildman–Crippen MR) is 329 cm³/mol. The quantitative estimate of drug-likeness (QED) is 0.0419. The smallest absolute Gasteiger partial charge is 0.488 e. The van der Waals surface area contributed by atoms with Gasteiger partial charge in [-0.15, -0.1) is 0 Å². The second-order valence-corrected chi connectivity index (χ2v) is 26.8. The topological polar surface area (TPSA) is 298 Å². The maximum Gasteiger partial charge on any atom is 0.488 e. The number of fused-ring (bicyclic) bond motifs is 4.